The fourth-order valence-electron chi connectivity index (χ4n) is 4.99. The van der Waals surface area contributed by atoms with Crippen LogP contribution in [-0.4, -0.2) is 72.6 Å². The number of likely N-dealkylation sites (tertiary alicyclic amines) is 1. The largest absolute Gasteiger partial charge is 0.497 e. The van der Waals surface area contributed by atoms with Crippen molar-refractivity contribution in [1.82, 2.24) is 15.1 Å². The van der Waals surface area contributed by atoms with E-state index in [9.17, 15) is 14.4 Å². The maximum atomic E-state index is 13.4. The molecular weight excluding hydrogens is 446 g/mol. The number of amides is 2. The summed E-state index contributed by atoms with van der Waals surface area (Å²) < 4.78 is 10.3. The van der Waals surface area contributed by atoms with E-state index in [0.29, 0.717) is 38.8 Å². The third kappa shape index (κ3) is 5.65. The van der Waals surface area contributed by atoms with Crippen molar-refractivity contribution in [2.45, 2.75) is 44.3 Å². The number of hydrogen-bond acceptors (Lipinski definition) is 6. The summed E-state index contributed by atoms with van der Waals surface area (Å²) in [5.74, 6) is 0.289. The Hall–Kier alpha value is -3.39. The Morgan fingerprint density at radius 3 is 2.34 bits per heavy atom. The van der Waals surface area contributed by atoms with E-state index in [2.05, 4.69) is 5.32 Å². The van der Waals surface area contributed by atoms with Crippen LogP contribution >= 0.6 is 0 Å². The quantitative estimate of drug-likeness (QED) is 0.584. The normalized spacial score (nSPS) is 19.1. The number of benzene rings is 2. The van der Waals surface area contributed by atoms with E-state index in [1.807, 2.05) is 59.5 Å². The van der Waals surface area contributed by atoms with Crippen molar-refractivity contribution in [2.75, 3.05) is 33.4 Å². The molecule has 186 valence electrons. The monoisotopic (exact) mass is 479 g/mol. The van der Waals surface area contributed by atoms with Crippen molar-refractivity contribution < 1.29 is 23.9 Å². The second kappa shape index (κ2) is 10.9. The second-order valence-electron chi connectivity index (χ2n) is 9.05. The molecule has 0 bridgehead atoms. The number of hydrogen-bond donors (Lipinski definition) is 1. The van der Waals surface area contributed by atoms with Crippen LogP contribution in [0.2, 0.25) is 0 Å². The Morgan fingerprint density at radius 1 is 1.03 bits per heavy atom. The smallest absolute Gasteiger partial charge is 0.325 e. The van der Waals surface area contributed by atoms with Gasteiger partial charge in [0.15, 0.2) is 0 Å². The third-order valence-electron chi connectivity index (χ3n) is 6.86. The van der Waals surface area contributed by atoms with Crippen LogP contribution in [0.1, 0.15) is 30.9 Å². The lowest BCUT2D eigenvalue weighted by Crippen LogP contribution is -2.60. The van der Waals surface area contributed by atoms with Gasteiger partial charge in [-0.3, -0.25) is 19.7 Å². The molecular formula is C27H33N3O5. The predicted octanol–water partition coefficient (Wildman–Crippen LogP) is 2.16. The highest BCUT2D eigenvalue weighted by atomic mass is 16.5. The van der Waals surface area contributed by atoms with Gasteiger partial charge in [-0.15, -0.1) is 0 Å². The molecule has 2 aliphatic rings. The number of piperidine rings is 1. The van der Waals surface area contributed by atoms with Gasteiger partial charge >= 0.3 is 5.97 Å². The summed E-state index contributed by atoms with van der Waals surface area (Å²) in [4.78, 5) is 42.2. The average molecular weight is 480 g/mol. The minimum absolute atomic E-state index is 0.0483. The molecule has 0 radical (unpaired) electrons. The van der Waals surface area contributed by atoms with Crippen molar-refractivity contribution in [3.63, 3.8) is 0 Å². The topological polar surface area (TPSA) is 88.2 Å². The van der Waals surface area contributed by atoms with Crippen LogP contribution in [0.25, 0.3) is 0 Å². The van der Waals surface area contributed by atoms with E-state index in [4.69, 9.17) is 9.47 Å². The van der Waals surface area contributed by atoms with E-state index in [0.717, 1.165) is 16.9 Å². The summed E-state index contributed by atoms with van der Waals surface area (Å²) in [5, 5.41) is 3.54. The van der Waals surface area contributed by atoms with E-state index < -0.39 is 17.7 Å². The number of nitrogens with one attached hydrogen (secondary N) is 1. The number of carbonyl (C=O) groups is 3. The number of methoxy groups -OCH3 is 1. The standard InChI is InChI=1S/C27H33N3O5/c1-3-35-25(32)19-30-26(33)23(17-20-7-5-4-6-8-20)28-27(30)13-15-29(16-14-27)24(31)18-21-9-11-22(34-2)12-10-21/h4-12,23,28H,3,13-19H2,1-2H3. The molecule has 4 rings (SSSR count). The zero-order chi connectivity index (χ0) is 24.8. The van der Waals surface area contributed by atoms with E-state index >= 15 is 0 Å². The summed E-state index contributed by atoms with van der Waals surface area (Å²) in [6, 6.07) is 16.9. The first-order chi connectivity index (χ1) is 16.9. The molecule has 8 nitrogen and oxygen atoms in total. The zero-order valence-corrected chi connectivity index (χ0v) is 20.4. The number of rotatable bonds is 8. The highest BCUT2D eigenvalue weighted by Gasteiger charge is 2.52. The molecule has 1 atom stereocenters. The molecule has 0 aliphatic carbocycles. The summed E-state index contributed by atoms with van der Waals surface area (Å²) in [5.41, 5.74) is 1.32. The molecule has 1 N–H and O–H groups in total. The Kier molecular flexibility index (Phi) is 7.70. The lowest BCUT2D eigenvalue weighted by molar-refractivity contribution is -0.152. The fourth-order valence-corrected chi connectivity index (χ4v) is 4.99. The Balaban J connectivity index is 1.44. The van der Waals surface area contributed by atoms with Crippen LogP contribution in [-0.2, 0) is 32.0 Å². The SMILES string of the molecule is CCOC(=O)CN1C(=O)C(Cc2ccccc2)NC12CCN(C(=O)Cc1ccc(OC)cc1)CC2. The summed E-state index contributed by atoms with van der Waals surface area (Å²) in [6.45, 7) is 2.94. The van der Waals surface area contributed by atoms with Gasteiger partial charge < -0.3 is 19.3 Å². The van der Waals surface area contributed by atoms with Crippen LogP contribution in [0.15, 0.2) is 54.6 Å². The van der Waals surface area contributed by atoms with Crippen LogP contribution in [0.3, 0.4) is 0 Å². The summed E-state index contributed by atoms with van der Waals surface area (Å²) in [6.07, 6.45) is 1.96. The van der Waals surface area contributed by atoms with Crippen molar-refractivity contribution in [3.05, 3.63) is 65.7 Å². The molecule has 0 saturated carbocycles. The minimum Gasteiger partial charge on any atom is -0.497 e. The summed E-state index contributed by atoms with van der Waals surface area (Å²) in [7, 11) is 1.61. The number of nitrogens with zero attached hydrogens (tertiary/aromatic N) is 2. The van der Waals surface area contributed by atoms with Crippen LogP contribution in [0.5, 0.6) is 5.75 Å². The Labute approximate surface area is 206 Å². The molecule has 2 aromatic carbocycles. The number of ether oxygens (including phenoxy) is 2. The zero-order valence-electron chi connectivity index (χ0n) is 20.4. The van der Waals surface area contributed by atoms with Gasteiger partial charge in [0.05, 0.1) is 31.8 Å². The van der Waals surface area contributed by atoms with Gasteiger partial charge in [-0.05, 0) is 36.6 Å². The molecule has 8 heteroatoms. The average Bonchev–Trinajstić information content (AvgIpc) is 3.11. The first-order valence-electron chi connectivity index (χ1n) is 12.1. The maximum Gasteiger partial charge on any atom is 0.325 e. The fraction of sp³-hybridized carbons (Fsp3) is 0.444. The molecule has 2 fully saturated rings. The van der Waals surface area contributed by atoms with Crippen molar-refractivity contribution in [3.8, 4) is 5.75 Å². The maximum absolute atomic E-state index is 13.4. The molecule has 2 heterocycles. The predicted molar refractivity (Wildman–Crippen MR) is 131 cm³/mol. The third-order valence-corrected chi connectivity index (χ3v) is 6.86. The highest BCUT2D eigenvalue weighted by Crippen LogP contribution is 2.33. The Morgan fingerprint density at radius 2 is 1.71 bits per heavy atom. The molecule has 35 heavy (non-hydrogen) atoms. The van der Waals surface area contributed by atoms with Crippen LogP contribution in [0.4, 0.5) is 0 Å². The second-order valence-corrected chi connectivity index (χ2v) is 9.05. The molecule has 0 aromatic heterocycles. The van der Waals surface area contributed by atoms with Gasteiger partial charge in [0, 0.05) is 25.9 Å². The van der Waals surface area contributed by atoms with Crippen LogP contribution in [0, 0.1) is 0 Å². The molecule has 2 aromatic rings. The van der Waals surface area contributed by atoms with Crippen molar-refractivity contribution in [2.24, 2.45) is 0 Å². The summed E-state index contributed by atoms with van der Waals surface area (Å²) >= 11 is 0. The van der Waals surface area contributed by atoms with Gasteiger partial charge in [-0.2, -0.15) is 0 Å². The van der Waals surface area contributed by atoms with E-state index in [1.54, 1.807) is 18.9 Å². The highest BCUT2D eigenvalue weighted by molar-refractivity contribution is 5.89. The first kappa shape index (κ1) is 24.7. The van der Waals surface area contributed by atoms with E-state index in [-0.39, 0.29) is 25.0 Å². The Bertz CT molecular complexity index is 1030. The molecule has 1 unspecified atom stereocenters. The molecule has 1 spiro atoms. The molecule has 2 saturated heterocycles. The van der Waals surface area contributed by atoms with E-state index in [1.165, 1.54) is 0 Å². The van der Waals surface area contributed by atoms with Gasteiger partial charge in [-0.25, -0.2) is 0 Å². The first-order valence-corrected chi connectivity index (χ1v) is 12.1. The van der Waals surface area contributed by atoms with Crippen molar-refractivity contribution >= 4 is 17.8 Å². The lowest BCUT2D eigenvalue weighted by Gasteiger charge is -2.44. The van der Waals surface area contributed by atoms with Crippen LogP contribution < -0.4 is 10.1 Å². The lowest BCUT2D eigenvalue weighted by atomic mass is 9.95. The molecule has 2 amide bonds. The van der Waals surface area contributed by atoms with Gasteiger partial charge in [0.25, 0.3) is 0 Å². The van der Waals surface area contributed by atoms with Gasteiger partial charge in [0.2, 0.25) is 11.8 Å². The number of esters is 1. The van der Waals surface area contributed by atoms with Gasteiger partial charge in [-0.1, -0.05) is 42.5 Å². The number of carbonyl (C=O) groups excluding carboxylic acids is 3. The molecule has 2 aliphatic heterocycles. The van der Waals surface area contributed by atoms with Crippen molar-refractivity contribution in [1.29, 1.82) is 0 Å². The van der Waals surface area contributed by atoms with Gasteiger partial charge in [0.1, 0.15) is 12.3 Å². The minimum atomic E-state index is -0.666.